The molecule has 0 atom stereocenters. The van der Waals surface area contributed by atoms with E-state index in [1.165, 1.54) is 0 Å². The minimum absolute atomic E-state index is 0. The van der Waals surface area contributed by atoms with Gasteiger partial charge in [0.2, 0.25) is 0 Å². The molecule has 1 aromatic rings. The number of halogens is 1. The zero-order valence-electron chi connectivity index (χ0n) is 17.2. The van der Waals surface area contributed by atoms with Crippen LogP contribution in [0, 0.1) is 0 Å². The third-order valence-corrected chi connectivity index (χ3v) is 3.89. The van der Waals surface area contributed by atoms with Crippen molar-refractivity contribution >= 4 is 41.7 Å². The first-order chi connectivity index (χ1) is 12.7. The Kier molecular flexibility index (Phi) is 9.12. The number of nitrogens with one attached hydrogen (secondary N) is 1. The van der Waals surface area contributed by atoms with Crippen molar-refractivity contribution in [3.8, 4) is 11.5 Å². The van der Waals surface area contributed by atoms with E-state index in [1.807, 2.05) is 26.8 Å². The van der Waals surface area contributed by atoms with E-state index >= 15 is 0 Å². The molecule has 1 fully saturated rings. The Labute approximate surface area is 183 Å². The number of rotatable bonds is 7. The SMILES string of the molecule is COc1ccc(NC(N)=NCCN(C(=O)OC(C)(C)C)C2CC2)cc1OC.I. The first kappa shape index (κ1) is 24.1. The van der Waals surface area contributed by atoms with Crippen molar-refractivity contribution < 1.29 is 19.0 Å². The molecule has 0 unspecified atom stereocenters. The molecule has 8 nitrogen and oxygen atoms in total. The third-order valence-electron chi connectivity index (χ3n) is 3.89. The summed E-state index contributed by atoms with van der Waals surface area (Å²) in [5, 5.41) is 3.01. The molecule has 28 heavy (non-hydrogen) atoms. The van der Waals surface area contributed by atoms with E-state index in [-0.39, 0.29) is 42.1 Å². The van der Waals surface area contributed by atoms with Crippen LogP contribution in [0.1, 0.15) is 33.6 Å². The number of carbonyl (C=O) groups excluding carboxylic acids is 1. The summed E-state index contributed by atoms with van der Waals surface area (Å²) in [7, 11) is 3.15. The fourth-order valence-corrected chi connectivity index (χ4v) is 2.51. The van der Waals surface area contributed by atoms with Crippen LogP contribution in [-0.4, -0.2) is 55.9 Å². The van der Waals surface area contributed by atoms with E-state index in [0.717, 1.165) is 18.5 Å². The first-order valence-corrected chi connectivity index (χ1v) is 9.02. The molecule has 9 heteroatoms. The molecule has 1 aromatic carbocycles. The van der Waals surface area contributed by atoms with Crippen molar-refractivity contribution in [3.05, 3.63) is 18.2 Å². The highest BCUT2D eigenvalue weighted by molar-refractivity contribution is 14.0. The van der Waals surface area contributed by atoms with Crippen molar-refractivity contribution in [3.63, 3.8) is 0 Å². The Morgan fingerprint density at radius 2 is 1.89 bits per heavy atom. The maximum absolute atomic E-state index is 12.3. The zero-order valence-corrected chi connectivity index (χ0v) is 19.5. The Balaban J connectivity index is 0.00000392. The molecule has 1 amide bonds. The lowest BCUT2D eigenvalue weighted by molar-refractivity contribution is 0.0240. The highest BCUT2D eigenvalue weighted by atomic mass is 127. The van der Waals surface area contributed by atoms with Gasteiger partial charge in [-0.2, -0.15) is 0 Å². The number of hydrogen-bond acceptors (Lipinski definition) is 5. The molecule has 0 heterocycles. The average molecular weight is 506 g/mol. The topological polar surface area (TPSA) is 98.4 Å². The molecule has 1 aliphatic carbocycles. The summed E-state index contributed by atoms with van der Waals surface area (Å²) in [6, 6.07) is 5.63. The molecule has 158 valence electrons. The number of amides is 1. The van der Waals surface area contributed by atoms with Crippen molar-refractivity contribution in [2.75, 3.05) is 32.6 Å². The van der Waals surface area contributed by atoms with E-state index in [1.54, 1.807) is 31.3 Å². The zero-order chi connectivity index (χ0) is 20.0. The van der Waals surface area contributed by atoms with Crippen LogP contribution in [0.25, 0.3) is 0 Å². The molecule has 0 aromatic heterocycles. The Hall–Kier alpha value is -1.91. The lowest BCUT2D eigenvalue weighted by Crippen LogP contribution is -2.40. The number of hydrogen-bond donors (Lipinski definition) is 2. The molecular weight excluding hydrogens is 475 g/mol. The summed E-state index contributed by atoms with van der Waals surface area (Å²) in [5.74, 6) is 1.50. The predicted molar refractivity (Wildman–Crippen MR) is 121 cm³/mol. The van der Waals surface area contributed by atoms with Gasteiger partial charge >= 0.3 is 6.09 Å². The number of benzene rings is 1. The van der Waals surface area contributed by atoms with E-state index < -0.39 is 5.60 Å². The van der Waals surface area contributed by atoms with Crippen LogP contribution in [0.4, 0.5) is 10.5 Å². The Morgan fingerprint density at radius 3 is 2.43 bits per heavy atom. The van der Waals surface area contributed by atoms with Gasteiger partial charge in [0.25, 0.3) is 0 Å². The summed E-state index contributed by atoms with van der Waals surface area (Å²) < 4.78 is 15.9. The highest BCUT2D eigenvalue weighted by Gasteiger charge is 2.34. The van der Waals surface area contributed by atoms with Crippen LogP contribution in [0.2, 0.25) is 0 Å². The van der Waals surface area contributed by atoms with Crippen LogP contribution < -0.4 is 20.5 Å². The number of nitrogens with zero attached hydrogens (tertiary/aromatic N) is 2. The monoisotopic (exact) mass is 506 g/mol. The fourth-order valence-electron chi connectivity index (χ4n) is 2.51. The Bertz CT molecular complexity index is 687. The molecule has 0 saturated heterocycles. The predicted octanol–water partition coefficient (Wildman–Crippen LogP) is 3.45. The number of nitrogens with two attached hydrogens (primary N) is 1. The van der Waals surface area contributed by atoms with Crippen molar-refractivity contribution in [1.29, 1.82) is 0 Å². The summed E-state index contributed by atoms with van der Waals surface area (Å²) in [4.78, 5) is 18.4. The average Bonchev–Trinajstić information content (AvgIpc) is 3.41. The first-order valence-electron chi connectivity index (χ1n) is 9.02. The minimum Gasteiger partial charge on any atom is -0.493 e. The Morgan fingerprint density at radius 1 is 1.25 bits per heavy atom. The van der Waals surface area contributed by atoms with Gasteiger partial charge in [0.1, 0.15) is 5.60 Å². The van der Waals surface area contributed by atoms with Gasteiger partial charge in [0.15, 0.2) is 17.5 Å². The van der Waals surface area contributed by atoms with Crippen molar-refractivity contribution in [2.24, 2.45) is 10.7 Å². The molecule has 0 radical (unpaired) electrons. The van der Waals surface area contributed by atoms with Gasteiger partial charge in [0, 0.05) is 24.3 Å². The summed E-state index contributed by atoms with van der Waals surface area (Å²) in [5.41, 5.74) is 6.18. The van der Waals surface area contributed by atoms with Crippen LogP contribution >= 0.6 is 24.0 Å². The van der Waals surface area contributed by atoms with Crippen molar-refractivity contribution in [1.82, 2.24) is 4.90 Å². The minimum atomic E-state index is -0.512. The second kappa shape index (κ2) is 10.6. The number of methoxy groups -OCH3 is 2. The number of anilines is 1. The van der Waals surface area contributed by atoms with E-state index in [0.29, 0.717) is 24.6 Å². The van der Waals surface area contributed by atoms with Gasteiger partial charge in [0.05, 0.1) is 20.8 Å². The number of carbonyl (C=O) groups is 1. The second-order valence-corrected chi connectivity index (χ2v) is 7.37. The normalized spacial score (nSPS) is 14.0. The summed E-state index contributed by atoms with van der Waals surface area (Å²) >= 11 is 0. The summed E-state index contributed by atoms with van der Waals surface area (Å²) in [6.45, 7) is 6.44. The number of ether oxygens (including phenoxy) is 3. The van der Waals surface area contributed by atoms with Gasteiger partial charge in [-0.25, -0.2) is 4.79 Å². The number of aliphatic imine (C=N–C) groups is 1. The maximum atomic E-state index is 12.3. The second-order valence-electron chi connectivity index (χ2n) is 7.37. The number of guanidine groups is 1. The smallest absolute Gasteiger partial charge is 0.410 e. The quantitative estimate of drug-likeness (QED) is 0.334. The van der Waals surface area contributed by atoms with Crippen molar-refractivity contribution in [2.45, 2.75) is 45.3 Å². The van der Waals surface area contributed by atoms with Crippen LogP contribution in [0.3, 0.4) is 0 Å². The maximum Gasteiger partial charge on any atom is 0.410 e. The van der Waals surface area contributed by atoms with Gasteiger partial charge in [-0.05, 0) is 45.7 Å². The van der Waals surface area contributed by atoms with Gasteiger partial charge in [-0.1, -0.05) is 0 Å². The third kappa shape index (κ3) is 7.61. The highest BCUT2D eigenvalue weighted by Crippen LogP contribution is 2.30. The van der Waals surface area contributed by atoms with Gasteiger partial charge < -0.3 is 30.2 Å². The van der Waals surface area contributed by atoms with Crippen LogP contribution in [0.15, 0.2) is 23.2 Å². The van der Waals surface area contributed by atoms with E-state index in [2.05, 4.69) is 10.3 Å². The molecular formula is C19H31IN4O4. The molecule has 1 aliphatic rings. The van der Waals surface area contributed by atoms with Crippen LogP contribution in [-0.2, 0) is 4.74 Å². The van der Waals surface area contributed by atoms with E-state index in [4.69, 9.17) is 19.9 Å². The molecule has 0 spiro atoms. The molecule has 0 aliphatic heterocycles. The van der Waals surface area contributed by atoms with Crippen LogP contribution in [0.5, 0.6) is 11.5 Å². The molecule has 1 saturated carbocycles. The van der Waals surface area contributed by atoms with Gasteiger partial charge in [-0.3, -0.25) is 4.99 Å². The molecule has 2 rings (SSSR count). The van der Waals surface area contributed by atoms with Gasteiger partial charge in [-0.15, -0.1) is 24.0 Å². The standard InChI is InChI=1S/C19H30N4O4.HI/c1-19(2,3)27-18(24)23(14-7-8-14)11-10-21-17(20)22-13-6-9-15(25-4)16(12-13)26-5;/h6,9,12,14H,7-8,10-11H2,1-5H3,(H3,20,21,22);1H. The molecule has 0 bridgehead atoms. The lowest BCUT2D eigenvalue weighted by Gasteiger charge is -2.27. The lowest BCUT2D eigenvalue weighted by atomic mass is 10.2. The fraction of sp³-hybridized carbons (Fsp3) is 0.579. The van der Waals surface area contributed by atoms with E-state index in [9.17, 15) is 4.79 Å². The molecule has 3 N–H and O–H groups in total. The summed E-state index contributed by atoms with van der Waals surface area (Å²) in [6.07, 6.45) is 1.71. The largest absolute Gasteiger partial charge is 0.493 e.